The maximum absolute atomic E-state index is 13.4. The molecule has 1 aromatic carbocycles. The average Bonchev–Trinajstić information content (AvgIpc) is 2.34. The van der Waals surface area contributed by atoms with Crippen molar-refractivity contribution >= 4 is 17.6 Å². The number of halogens is 2. The molecule has 1 heterocycles. The molecule has 0 fully saturated rings. The van der Waals surface area contributed by atoms with Crippen molar-refractivity contribution in [3.05, 3.63) is 52.7 Å². The summed E-state index contributed by atoms with van der Waals surface area (Å²) >= 11 is 5.59. The number of aryl methyl sites for hydroxylation is 1. The first-order valence-corrected chi connectivity index (χ1v) is 5.41. The van der Waals surface area contributed by atoms with Crippen molar-refractivity contribution in [2.45, 2.75) is 6.92 Å². The lowest BCUT2D eigenvalue weighted by molar-refractivity contribution is 0.0721. The molecule has 6 heteroatoms. The molecule has 2 rings (SSSR count). The first-order valence-electron chi connectivity index (χ1n) is 5.04. The average molecular weight is 267 g/mol. The Bertz CT molecular complexity index is 604. The molecule has 0 N–H and O–H groups in total. The monoisotopic (exact) mass is 266 g/mol. The van der Waals surface area contributed by atoms with E-state index in [1.165, 1.54) is 24.4 Å². The van der Waals surface area contributed by atoms with Gasteiger partial charge < -0.3 is 4.74 Å². The van der Waals surface area contributed by atoms with E-state index < -0.39 is 11.8 Å². The van der Waals surface area contributed by atoms with E-state index in [-0.39, 0.29) is 16.7 Å². The van der Waals surface area contributed by atoms with Gasteiger partial charge >= 0.3 is 5.97 Å². The third-order valence-electron chi connectivity index (χ3n) is 2.18. The van der Waals surface area contributed by atoms with Crippen LogP contribution in [-0.2, 0) is 0 Å². The van der Waals surface area contributed by atoms with E-state index in [1.807, 2.05) is 0 Å². The van der Waals surface area contributed by atoms with Crippen LogP contribution in [-0.4, -0.2) is 15.9 Å². The van der Waals surface area contributed by atoms with Gasteiger partial charge in [0, 0.05) is 11.8 Å². The lowest BCUT2D eigenvalue weighted by Gasteiger charge is -2.06. The number of esters is 1. The molecule has 0 saturated heterocycles. The summed E-state index contributed by atoms with van der Waals surface area (Å²) in [5.74, 6) is -1.46. The van der Waals surface area contributed by atoms with Gasteiger partial charge in [-0.15, -0.1) is 0 Å². The summed E-state index contributed by atoms with van der Waals surface area (Å²) in [6, 6.07) is 5.53. The van der Waals surface area contributed by atoms with Crippen LogP contribution in [0.3, 0.4) is 0 Å². The van der Waals surface area contributed by atoms with E-state index in [0.717, 1.165) is 0 Å². The zero-order valence-corrected chi connectivity index (χ0v) is 10.1. The Kier molecular flexibility index (Phi) is 3.53. The summed E-state index contributed by atoms with van der Waals surface area (Å²) in [5.41, 5.74) is 0.371. The highest BCUT2D eigenvalue weighted by Crippen LogP contribution is 2.17. The molecule has 0 amide bonds. The Labute approximate surface area is 107 Å². The van der Waals surface area contributed by atoms with Gasteiger partial charge in [-0.25, -0.2) is 14.2 Å². The number of hydrogen-bond donors (Lipinski definition) is 0. The van der Waals surface area contributed by atoms with Gasteiger partial charge in [0.15, 0.2) is 0 Å². The van der Waals surface area contributed by atoms with E-state index >= 15 is 0 Å². The SMILES string of the molecule is Cc1cnc(Cl)nc1OC(=O)c1ccccc1F. The third kappa shape index (κ3) is 2.62. The molecule has 0 unspecified atom stereocenters. The van der Waals surface area contributed by atoms with Gasteiger partial charge in [0.25, 0.3) is 0 Å². The van der Waals surface area contributed by atoms with Gasteiger partial charge in [-0.3, -0.25) is 0 Å². The van der Waals surface area contributed by atoms with Crippen molar-refractivity contribution in [2.75, 3.05) is 0 Å². The zero-order valence-electron chi connectivity index (χ0n) is 9.35. The van der Waals surface area contributed by atoms with Gasteiger partial charge in [-0.1, -0.05) is 12.1 Å². The number of carbonyl (C=O) groups excluding carboxylic acids is 1. The minimum Gasteiger partial charge on any atom is -0.403 e. The predicted molar refractivity (Wildman–Crippen MR) is 63.1 cm³/mol. The number of hydrogen-bond acceptors (Lipinski definition) is 4. The van der Waals surface area contributed by atoms with Crippen molar-refractivity contribution in [3.8, 4) is 5.88 Å². The van der Waals surface area contributed by atoms with E-state index in [2.05, 4.69) is 9.97 Å². The van der Waals surface area contributed by atoms with Gasteiger partial charge in [0.1, 0.15) is 5.82 Å². The van der Waals surface area contributed by atoms with E-state index in [1.54, 1.807) is 13.0 Å². The molecular formula is C12H8ClFN2O2. The second-order valence-electron chi connectivity index (χ2n) is 3.50. The molecule has 0 aliphatic heterocycles. The van der Waals surface area contributed by atoms with Crippen LogP contribution in [0.5, 0.6) is 5.88 Å². The number of aromatic nitrogens is 2. The summed E-state index contributed by atoms with van der Waals surface area (Å²) in [6.07, 6.45) is 1.42. The quantitative estimate of drug-likeness (QED) is 0.619. The largest absolute Gasteiger partial charge is 0.403 e. The summed E-state index contributed by atoms with van der Waals surface area (Å²) in [4.78, 5) is 19.2. The molecule has 1 aromatic heterocycles. The highest BCUT2D eigenvalue weighted by Gasteiger charge is 2.15. The lowest BCUT2D eigenvalue weighted by atomic mass is 10.2. The van der Waals surface area contributed by atoms with Gasteiger partial charge in [-0.2, -0.15) is 4.98 Å². The Morgan fingerprint density at radius 2 is 2.11 bits per heavy atom. The van der Waals surface area contributed by atoms with Crippen molar-refractivity contribution in [1.29, 1.82) is 0 Å². The van der Waals surface area contributed by atoms with Crippen LogP contribution < -0.4 is 4.74 Å². The van der Waals surface area contributed by atoms with Crippen LogP contribution in [0.15, 0.2) is 30.5 Å². The topological polar surface area (TPSA) is 52.1 Å². The highest BCUT2D eigenvalue weighted by molar-refractivity contribution is 6.28. The standard InChI is InChI=1S/C12H8ClFN2O2/c1-7-6-15-12(13)16-10(7)18-11(17)8-4-2-3-5-9(8)14/h2-6H,1H3. The summed E-state index contributed by atoms with van der Waals surface area (Å²) < 4.78 is 18.3. The summed E-state index contributed by atoms with van der Waals surface area (Å²) in [6.45, 7) is 1.65. The van der Waals surface area contributed by atoms with E-state index in [4.69, 9.17) is 16.3 Å². The normalized spacial score (nSPS) is 10.2. The molecule has 2 aromatic rings. The molecule has 0 radical (unpaired) electrons. The van der Waals surface area contributed by atoms with Crippen LogP contribution in [0, 0.1) is 12.7 Å². The maximum Gasteiger partial charge on any atom is 0.347 e. The molecule has 0 bridgehead atoms. The molecular weight excluding hydrogens is 259 g/mol. The van der Waals surface area contributed by atoms with E-state index in [0.29, 0.717) is 5.56 Å². The van der Waals surface area contributed by atoms with Crippen LogP contribution >= 0.6 is 11.6 Å². The second kappa shape index (κ2) is 5.10. The second-order valence-corrected chi connectivity index (χ2v) is 3.83. The fraction of sp³-hybridized carbons (Fsp3) is 0.0833. The van der Waals surface area contributed by atoms with Crippen molar-refractivity contribution in [2.24, 2.45) is 0 Å². The fourth-order valence-electron chi connectivity index (χ4n) is 1.28. The van der Waals surface area contributed by atoms with Crippen LogP contribution in [0.2, 0.25) is 5.28 Å². The minimum absolute atomic E-state index is 0.0169. The summed E-state index contributed by atoms with van der Waals surface area (Å²) in [5, 5.41) is -0.0445. The Morgan fingerprint density at radius 1 is 1.39 bits per heavy atom. The molecule has 92 valence electrons. The Hall–Kier alpha value is -2.01. The molecule has 4 nitrogen and oxygen atoms in total. The van der Waals surface area contributed by atoms with Gasteiger partial charge in [0.2, 0.25) is 11.2 Å². The molecule has 0 saturated carbocycles. The number of nitrogens with zero attached hydrogens (tertiary/aromatic N) is 2. The Balaban J connectivity index is 2.27. The maximum atomic E-state index is 13.4. The molecule has 0 aliphatic carbocycles. The van der Waals surface area contributed by atoms with Crippen LogP contribution in [0.4, 0.5) is 4.39 Å². The van der Waals surface area contributed by atoms with Gasteiger partial charge in [0.05, 0.1) is 5.56 Å². The van der Waals surface area contributed by atoms with Crippen molar-refractivity contribution in [1.82, 2.24) is 9.97 Å². The lowest BCUT2D eigenvalue weighted by Crippen LogP contribution is -2.12. The number of benzene rings is 1. The first-order chi connectivity index (χ1) is 8.58. The minimum atomic E-state index is -0.828. The molecule has 0 aliphatic rings. The highest BCUT2D eigenvalue weighted by atomic mass is 35.5. The third-order valence-corrected chi connectivity index (χ3v) is 2.36. The smallest absolute Gasteiger partial charge is 0.347 e. The first kappa shape index (κ1) is 12.4. The van der Waals surface area contributed by atoms with E-state index in [9.17, 15) is 9.18 Å². The molecule has 0 atom stereocenters. The van der Waals surface area contributed by atoms with Crippen LogP contribution in [0.1, 0.15) is 15.9 Å². The van der Waals surface area contributed by atoms with Crippen molar-refractivity contribution in [3.63, 3.8) is 0 Å². The predicted octanol–water partition coefficient (Wildman–Crippen LogP) is 2.80. The molecule has 18 heavy (non-hydrogen) atoms. The fourth-order valence-corrected chi connectivity index (χ4v) is 1.40. The zero-order chi connectivity index (χ0) is 13.1. The van der Waals surface area contributed by atoms with Gasteiger partial charge in [-0.05, 0) is 30.7 Å². The Morgan fingerprint density at radius 3 is 2.83 bits per heavy atom. The number of ether oxygens (including phenoxy) is 1. The number of rotatable bonds is 2. The van der Waals surface area contributed by atoms with Crippen molar-refractivity contribution < 1.29 is 13.9 Å². The summed E-state index contributed by atoms with van der Waals surface area (Å²) in [7, 11) is 0. The molecule has 0 spiro atoms. The van der Waals surface area contributed by atoms with Crippen LogP contribution in [0.25, 0.3) is 0 Å². The number of carbonyl (C=O) groups is 1.